The molecule has 96 valence electrons. The Morgan fingerprint density at radius 1 is 1.39 bits per heavy atom. The summed E-state index contributed by atoms with van der Waals surface area (Å²) < 4.78 is 1.81. The molecule has 2 aromatic rings. The molecule has 0 aliphatic carbocycles. The molecule has 1 heterocycles. The monoisotopic (exact) mass is 265 g/mol. The summed E-state index contributed by atoms with van der Waals surface area (Å²) in [5, 5.41) is 15.7. The number of anilines is 1. The smallest absolute Gasteiger partial charge is 0.170 e. The molecule has 5 nitrogen and oxygen atoms in total. The van der Waals surface area contributed by atoms with Gasteiger partial charge in [0.25, 0.3) is 0 Å². The lowest BCUT2D eigenvalue weighted by Crippen LogP contribution is -2.10. The zero-order valence-corrected chi connectivity index (χ0v) is 11.3. The average molecular weight is 266 g/mol. The van der Waals surface area contributed by atoms with Crippen LogP contribution >= 0.6 is 11.6 Å². The molecule has 0 fully saturated rings. The summed E-state index contributed by atoms with van der Waals surface area (Å²) >= 11 is 5.97. The molecule has 0 aliphatic heterocycles. The number of tetrazole rings is 1. The number of nitrogens with zero attached hydrogens (tertiary/aromatic N) is 4. The number of benzene rings is 1. The maximum absolute atomic E-state index is 5.97. The van der Waals surface area contributed by atoms with E-state index in [4.69, 9.17) is 11.6 Å². The third-order valence-electron chi connectivity index (χ3n) is 2.68. The molecule has 0 bridgehead atoms. The molecular formula is C12H16ClN5. The number of aryl methyl sites for hydroxylation is 2. The largest absolute Gasteiger partial charge is 0.377 e. The Morgan fingerprint density at radius 2 is 2.22 bits per heavy atom. The molecular weight excluding hydrogens is 250 g/mol. The number of aromatic nitrogens is 4. The second kappa shape index (κ2) is 5.82. The maximum Gasteiger partial charge on any atom is 0.170 e. The lowest BCUT2D eigenvalue weighted by Gasteiger charge is -2.09. The molecule has 0 unspecified atom stereocenters. The van der Waals surface area contributed by atoms with Crippen LogP contribution in [0.5, 0.6) is 0 Å². The minimum Gasteiger partial charge on any atom is -0.377 e. The number of halogens is 1. The van der Waals surface area contributed by atoms with Crippen molar-refractivity contribution in [3.05, 3.63) is 34.6 Å². The number of nitrogens with one attached hydrogen (secondary N) is 1. The highest BCUT2D eigenvalue weighted by Gasteiger charge is 2.06. The minimum atomic E-state index is 0.591. The van der Waals surface area contributed by atoms with Crippen LogP contribution < -0.4 is 5.32 Å². The molecule has 0 aliphatic rings. The van der Waals surface area contributed by atoms with Gasteiger partial charge < -0.3 is 5.32 Å². The highest BCUT2D eigenvalue weighted by molar-refractivity contribution is 6.30. The number of rotatable bonds is 5. The molecule has 1 N–H and O–H groups in total. The summed E-state index contributed by atoms with van der Waals surface area (Å²) in [6, 6.07) is 5.77. The molecule has 18 heavy (non-hydrogen) atoms. The van der Waals surface area contributed by atoms with E-state index in [0.717, 1.165) is 35.1 Å². The quantitative estimate of drug-likeness (QED) is 0.903. The highest BCUT2D eigenvalue weighted by atomic mass is 35.5. The SMILES string of the molecule is CCCn1nnnc1CNc1cc(Cl)ccc1C. The van der Waals surface area contributed by atoms with Gasteiger partial charge in [0.05, 0.1) is 6.54 Å². The van der Waals surface area contributed by atoms with Crippen molar-refractivity contribution in [2.24, 2.45) is 0 Å². The Labute approximate surface area is 111 Å². The lowest BCUT2D eigenvalue weighted by atomic mass is 10.2. The molecule has 0 saturated heterocycles. The topological polar surface area (TPSA) is 55.6 Å². The fourth-order valence-electron chi connectivity index (χ4n) is 1.69. The summed E-state index contributed by atoms with van der Waals surface area (Å²) in [5.41, 5.74) is 2.16. The molecule has 0 saturated carbocycles. The van der Waals surface area contributed by atoms with Crippen molar-refractivity contribution in [3.8, 4) is 0 Å². The first-order valence-corrected chi connectivity index (χ1v) is 6.33. The van der Waals surface area contributed by atoms with Gasteiger partial charge in [0.15, 0.2) is 5.82 Å². The summed E-state index contributed by atoms with van der Waals surface area (Å²) in [7, 11) is 0. The fraction of sp³-hybridized carbons (Fsp3) is 0.417. The van der Waals surface area contributed by atoms with Crippen molar-refractivity contribution >= 4 is 17.3 Å². The van der Waals surface area contributed by atoms with E-state index >= 15 is 0 Å². The van der Waals surface area contributed by atoms with Crippen molar-refractivity contribution < 1.29 is 0 Å². The molecule has 1 aromatic carbocycles. The van der Waals surface area contributed by atoms with E-state index in [1.54, 1.807) is 0 Å². The van der Waals surface area contributed by atoms with Gasteiger partial charge in [-0.2, -0.15) is 0 Å². The van der Waals surface area contributed by atoms with Crippen molar-refractivity contribution in [1.29, 1.82) is 0 Å². The van der Waals surface area contributed by atoms with Crippen LogP contribution in [0.3, 0.4) is 0 Å². The normalized spacial score (nSPS) is 10.6. The first kappa shape index (κ1) is 12.8. The summed E-state index contributed by atoms with van der Waals surface area (Å²) in [6.07, 6.45) is 1.01. The van der Waals surface area contributed by atoms with Crippen LogP contribution in [0.15, 0.2) is 18.2 Å². The van der Waals surface area contributed by atoms with Crippen molar-refractivity contribution in [2.75, 3.05) is 5.32 Å². The van der Waals surface area contributed by atoms with Gasteiger partial charge >= 0.3 is 0 Å². The van der Waals surface area contributed by atoms with Crippen molar-refractivity contribution in [2.45, 2.75) is 33.4 Å². The second-order valence-electron chi connectivity index (χ2n) is 4.13. The zero-order valence-electron chi connectivity index (χ0n) is 10.5. The third-order valence-corrected chi connectivity index (χ3v) is 2.91. The van der Waals surface area contributed by atoms with E-state index in [-0.39, 0.29) is 0 Å². The summed E-state index contributed by atoms with van der Waals surface area (Å²) in [6.45, 7) is 5.56. The van der Waals surface area contributed by atoms with Crippen LogP contribution in [0.2, 0.25) is 5.02 Å². The summed E-state index contributed by atoms with van der Waals surface area (Å²) in [5.74, 6) is 0.830. The molecule has 0 radical (unpaired) electrons. The minimum absolute atomic E-state index is 0.591. The Balaban J connectivity index is 2.06. The van der Waals surface area contributed by atoms with E-state index in [1.807, 2.05) is 29.8 Å². The van der Waals surface area contributed by atoms with Gasteiger partial charge in [0, 0.05) is 17.3 Å². The first-order chi connectivity index (χ1) is 8.70. The lowest BCUT2D eigenvalue weighted by molar-refractivity contribution is 0.558. The van der Waals surface area contributed by atoms with E-state index in [2.05, 4.69) is 27.8 Å². The van der Waals surface area contributed by atoms with E-state index in [9.17, 15) is 0 Å². The van der Waals surface area contributed by atoms with Gasteiger partial charge in [0.2, 0.25) is 0 Å². The van der Waals surface area contributed by atoms with Crippen molar-refractivity contribution in [3.63, 3.8) is 0 Å². The highest BCUT2D eigenvalue weighted by Crippen LogP contribution is 2.20. The predicted octanol–water partition coefficient (Wildman–Crippen LogP) is 2.66. The standard InChI is InChI=1S/C12H16ClN5/c1-3-6-18-12(15-16-17-18)8-14-11-7-10(13)5-4-9(11)2/h4-5,7,14H,3,6,8H2,1-2H3. The Bertz CT molecular complexity index is 523. The second-order valence-corrected chi connectivity index (χ2v) is 4.57. The number of hydrogen-bond donors (Lipinski definition) is 1. The van der Waals surface area contributed by atoms with Crippen LogP contribution in [0.4, 0.5) is 5.69 Å². The number of hydrogen-bond acceptors (Lipinski definition) is 4. The van der Waals surface area contributed by atoms with Gasteiger partial charge in [-0.25, -0.2) is 4.68 Å². The van der Waals surface area contributed by atoms with Crippen LogP contribution in [-0.4, -0.2) is 20.2 Å². The first-order valence-electron chi connectivity index (χ1n) is 5.95. The molecule has 0 spiro atoms. The van der Waals surface area contributed by atoms with Gasteiger partial charge in [-0.15, -0.1) is 5.10 Å². The average Bonchev–Trinajstić information content (AvgIpc) is 2.78. The Morgan fingerprint density at radius 3 is 3.00 bits per heavy atom. The van der Waals surface area contributed by atoms with Crippen LogP contribution in [0, 0.1) is 6.92 Å². The fourth-order valence-corrected chi connectivity index (χ4v) is 1.87. The molecule has 0 atom stereocenters. The van der Waals surface area contributed by atoms with E-state index in [1.165, 1.54) is 0 Å². The molecule has 2 rings (SSSR count). The molecule has 1 aromatic heterocycles. The van der Waals surface area contributed by atoms with Crippen LogP contribution in [-0.2, 0) is 13.1 Å². The maximum atomic E-state index is 5.97. The van der Waals surface area contributed by atoms with Crippen LogP contribution in [0.1, 0.15) is 24.7 Å². The third kappa shape index (κ3) is 2.98. The van der Waals surface area contributed by atoms with Crippen LogP contribution in [0.25, 0.3) is 0 Å². The van der Waals surface area contributed by atoms with E-state index in [0.29, 0.717) is 6.54 Å². The molecule has 6 heteroatoms. The predicted molar refractivity (Wildman–Crippen MR) is 71.6 cm³/mol. The summed E-state index contributed by atoms with van der Waals surface area (Å²) in [4.78, 5) is 0. The Kier molecular flexibility index (Phi) is 4.15. The van der Waals surface area contributed by atoms with Crippen molar-refractivity contribution in [1.82, 2.24) is 20.2 Å². The van der Waals surface area contributed by atoms with Gasteiger partial charge in [-0.05, 0) is 41.5 Å². The zero-order chi connectivity index (χ0) is 13.0. The van der Waals surface area contributed by atoms with E-state index < -0.39 is 0 Å². The van der Waals surface area contributed by atoms with Gasteiger partial charge in [-0.1, -0.05) is 24.6 Å². The van der Waals surface area contributed by atoms with Gasteiger partial charge in [-0.3, -0.25) is 0 Å². The molecule has 0 amide bonds. The van der Waals surface area contributed by atoms with Gasteiger partial charge in [0.1, 0.15) is 0 Å². The Hall–Kier alpha value is -1.62.